The summed E-state index contributed by atoms with van der Waals surface area (Å²) < 4.78 is 0. The summed E-state index contributed by atoms with van der Waals surface area (Å²) in [6.07, 6.45) is 0.567. The molecule has 1 aromatic carbocycles. The van der Waals surface area contributed by atoms with Gasteiger partial charge < -0.3 is 37.6 Å². The van der Waals surface area contributed by atoms with Gasteiger partial charge in [-0.15, -0.1) is 0 Å². The second-order valence-corrected chi connectivity index (χ2v) is 8.32. The Balaban J connectivity index is 2.94. The molecule has 34 heavy (non-hydrogen) atoms. The van der Waals surface area contributed by atoms with Crippen LogP contribution >= 0.6 is 12.6 Å². The number of thiol groups is 1. The monoisotopic (exact) mass is 497 g/mol. The maximum Gasteiger partial charge on any atom is 0.328 e. The molecule has 0 heterocycles. The minimum absolute atomic E-state index is 0.139. The number of carboxylic acid groups (broad SMARTS) is 1. The lowest BCUT2D eigenvalue weighted by atomic mass is 10.0. The fourth-order valence-corrected chi connectivity index (χ4v) is 3.34. The molecule has 0 aliphatic carbocycles. The molecular formula is C22H35N5O6S. The predicted molar refractivity (Wildman–Crippen MR) is 130 cm³/mol. The van der Waals surface area contributed by atoms with Gasteiger partial charge in [0.1, 0.15) is 12.1 Å². The molecule has 9 N–H and O–H groups in total. The Morgan fingerprint density at radius 1 is 0.971 bits per heavy atom. The third-order valence-corrected chi connectivity index (χ3v) is 5.45. The molecule has 11 nitrogen and oxygen atoms in total. The molecule has 0 spiro atoms. The van der Waals surface area contributed by atoms with Crippen molar-refractivity contribution in [2.24, 2.45) is 11.5 Å². The number of hydrogen-bond donors (Lipinski definition) is 8. The van der Waals surface area contributed by atoms with E-state index in [-0.39, 0.29) is 12.2 Å². The van der Waals surface area contributed by atoms with Gasteiger partial charge in [0.25, 0.3) is 0 Å². The number of hydrogen-bond acceptors (Lipinski definition) is 8. The number of carbonyl (C=O) groups excluding carboxylic acids is 3. The van der Waals surface area contributed by atoms with E-state index in [0.717, 1.165) is 12.0 Å². The second-order valence-electron chi connectivity index (χ2n) is 7.95. The zero-order chi connectivity index (χ0) is 25.7. The normalized spacial score (nSPS) is 15.3. The van der Waals surface area contributed by atoms with E-state index in [1.54, 1.807) is 24.3 Å². The molecule has 5 unspecified atom stereocenters. The van der Waals surface area contributed by atoms with E-state index in [9.17, 15) is 24.3 Å². The molecule has 3 amide bonds. The molecule has 1 rings (SSSR count). The number of unbranched alkanes of at least 4 members (excludes halogenated alkanes) is 1. The van der Waals surface area contributed by atoms with Crippen LogP contribution in [-0.2, 0) is 25.6 Å². The van der Waals surface area contributed by atoms with E-state index >= 15 is 0 Å². The summed E-state index contributed by atoms with van der Waals surface area (Å²) in [7, 11) is 0. The molecule has 12 heteroatoms. The van der Waals surface area contributed by atoms with E-state index in [0.29, 0.717) is 19.4 Å². The van der Waals surface area contributed by atoms with Crippen molar-refractivity contribution < 1.29 is 29.4 Å². The van der Waals surface area contributed by atoms with Crippen LogP contribution in [0.25, 0.3) is 0 Å². The summed E-state index contributed by atoms with van der Waals surface area (Å²) in [6.45, 7) is 1.70. The average molecular weight is 498 g/mol. The molecule has 5 atom stereocenters. The number of carbonyl (C=O) groups is 4. The van der Waals surface area contributed by atoms with Crippen molar-refractivity contribution in [2.45, 2.75) is 62.9 Å². The number of carboxylic acids is 1. The molecule has 0 aliphatic heterocycles. The van der Waals surface area contributed by atoms with E-state index in [4.69, 9.17) is 16.6 Å². The number of benzene rings is 1. The van der Waals surface area contributed by atoms with Crippen molar-refractivity contribution in [1.82, 2.24) is 16.0 Å². The molecular weight excluding hydrogens is 462 g/mol. The van der Waals surface area contributed by atoms with Crippen molar-refractivity contribution >= 4 is 36.3 Å². The molecule has 0 fully saturated rings. The quantitative estimate of drug-likeness (QED) is 0.106. The van der Waals surface area contributed by atoms with Gasteiger partial charge in [0.05, 0.1) is 12.1 Å². The summed E-state index contributed by atoms with van der Waals surface area (Å²) in [5.41, 5.74) is 12.2. The van der Waals surface area contributed by atoms with E-state index < -0.39 is 54.0 Å². The van der Waals surface area contributed by atoms with Crippen molar-refractivity contribution in [3.05, 3.63) is 35.9 Å². The highest BCUT2D eigenvalue weighted by molar-refractivity contribution is 7.80. The van der Waals surface area contributed by atoms with Crippen molar-refractivity contribution in [3.8, 4) is 0 Å². The highest BCUT2D eigenvalue weighted by atomic mass is 32.1. The van der Waals surface area contributed by atoms with Gasteiger partial charge >= 0.3 is 5.97 Å². The van der Waals surface area contributed by atoms with Crippen LogP contribution < -0.4 is 27.4 Å². The summed E-state index contributed by atoms with van der Waals surface area (Å²) >= 11 is 4.07. The molecule has 0 aromatic heterocycles. The van der Waals surface area contributed by atoms with Crippen molar-refractivity contribution in [2.75, 3.05) is 12.3 Å². The molecule has 190 valence electrons. The zero-order valence-electron chi connectivity index (χ0n) is 19.1. The van der Waals surface area contributed by atoms with Gasteiger partial charge in [-0.1, -0.05) is 36.8 Å². The first-order valence-corrected chi connectivity index (χ1v) is 11.7. The maximum absolute atomic E-state index is 13.0. The van der Waals surface area contributed by atoms with Crippen LogP contribution in [0, 0.1) is 0 Å². The van der Waals surface area contributed by atoms with Crippen molar-refractivity contribution in [3.63, 3.8) is 0 Å². The summed E-state index contributed by atoms with van der Waals surface area (Å²) in [4.78, 5) is 49.4. The lowest BCUT2D eigenvalue weighted by Gasteiger charge is -2.25. The lowest BCUT2D eigenvalue weighted by Crippen LogP contribution is -2.59. The largest absolute Gasteiger partial charge is 0.480 e. The van der Waals surface area contributed by atoms with E-state index in [1.165, 1.54) is 6.92 Å². The Morgan fingerprint density at radius 3 is 2.09 bits per heavy atom. The van der Waals surface area contributed by atoms with Crippen LogP contribution in [0.3, 0.4) is 0 Å². The van der Waals surface area contributed by atoms with Gasteiger partial charge in [0.15, 0.2) is 6.04 Å². The number of nitrogens with two attached hydrogens (primary N) is 2. The molecule has 0 saturated heterocycles. The average Bonchev–Trinajstić information content (AvgIpc) is 2.80. The Labute approximate surface area is 204 Å². The smallest absolute Gasteiger partial charge is 0.328 e. The van der Waals surface area contributed by atoms with Gasteiger partial charge in [0.2, 0.25) is 17.7 Å². The van der Waals surface area contributed by atoms with Crippen LogP contribution in [-0.4, -0.2) is 76.5 Å². The first-order valence-electron chi connectivity index (χ1n) is 11.0. The maximum atomic E-state index is 13.0. The Morgan fingerprint density at radius 2 is 1.56 bits per heavy atom. The Hall–Kier alpha value is -2.67. The summed E-state index contributed by atoms with van der Waals surface area (Å²) in [5, 5.41) is 26.1. The molecule has 0 aliphatic rings. The number of rotatable bonds is 15. The molecule has 1 aromatic rings. The van der Waals surface area contributed by atoms with Crippen LogP contribution in [0.4, 0.5) is 0 Å². The fourth-order valence-electron chi connectivity index (χ4n) is 3.09. The molecule has 0 bridgehead atoms. The summed E-state index contributed by atoms with van der Waals surface area (Å²) in [6, 6.07) is 4.33. The van der Waals surface area contributed by atoms with Crippen LogP contribution in [0.2, 0.25) is 0 Å². The third-order valence-electron chi connectivity index (χ3n) is 5.08. The number of amides is 3. The predicted octanol–water partition coefficient (Wildman–Crippen LogP) is -1.46. The third kappa shape index (κ3) is 10.1. The number of aliphatic hydroxyl groups excluding tert-OH is 1. The standard InChI is InChI=1S/C22H35N5O6S/c1-13(28)18(22(32)33)27-21(31)17(12-34)26-20(30)16(11-14-7-3-2-4-8-14)25-19(29)15(24)9-5-6-10-23/h2-4,7-8,13,15-18,28,34H,5-6,9-12,23-24H2,1H3,(H,25,29)(H,26,30)(H,27,31)(H,32,33). The van der Waals surface area contributed by atoms with Gasteiger partial charge in [0, 0.05) is 12.2 Å². The van der Waals surface area contributed by atoms with E-state index in [1.807, 2.05) is 6.07 Å². The zero-order valence-corrected chi connectivity index (χ0v) is 20.0. The Kier molecular flexibility index (Phi) is 13.2. The SMILES string of the molecule is CC(O)C(NC(=O)C(CS)NC(=O)C(Cc1ccccc1)NC(=O)C(N)CCCCN)C(=O)O. The van der Waals surface area contributed by atoms with Gasteiger partial charge in [-0.25, -0.2) is 4.79 Å². The Bertz CT molecular complexity index is 810. The minimum atomic E-state index is -1.56. The lowest BCUT2D eigenvalue weighted by molar-refractivity contribution is -0.145. The number of nitrogens with one attached hydrogen (secondary N) is 3. The topological polar surface area (TPSA) is 197 Å². The van der Waals surface area contributed by atoms with Gasteiger partial charge in [-0.05, 0) is 31.9 Å². The van der Waals surface area contributed by atoms with Gasteiger partial charge in [-0.3, -0.25) is 14.4 Å². The van der Waals surface area contributed by atoms with Crippen molar-refractivity contribution in [1.29, 1.82) is 0 Å². The van der Waals surface area contributed by atoms with Crippen LogP contribution in [0.5, 0.6) is 0 Å². The number of aliphatic hydroxyl groups is 1. The molecule has 0 saturated carbocycles. The minimum Gasteiger partial charge on any atom is -0.480 e. The highest BCUT2D eigenvalue weighted by Crippen LogP contribution is 2.06. The highest BCUT2D eigenvalue weighted by Gasteiger charge is 2.31. The first-order chi connectivity index (χ1) is 16.1. The number of aliphatic carboxylic acids is 1. The second kappa shape index (κ2) is 15.3. The van der Waals surface area contributed by atoms with Crippen LogP contribution in [0.15, 0.2) is 30.3 Å². The van der Waals surface area contributed by atoms with Crippen LogP contribution in [0.1, 0.15) is 31.7 Å². The van der Waals surface area contributed by atoms with E-state index in [2.05, 4.69) is 28.6 Å². The molecule has 0 radical (unpaired) electrons. The first kappa shape index (κ1) is 29.4. The summed E-state index contributed by atoms with van der Waals surface area (Å²) in [5.74, 6) is -3.58. The fraction of sp³-hybridized carbons (Fsp3) is 0.545. The van der Waals surface area contributed by atoms with Gasteiger partial charge in [-0.2, -0.15) is 12.6 Å².